The highest BCUT2D eigenvalue weighted by Crippen LogP contribution is 2.42. The minimum Gasteiger partial charge on any atom is -0.504 e. The lowest BCUT2D eigenvalue weighted by Crippen LogP contribution is -2.05. The predicted octanol–water partition coefficient (Wildman–Crippen LogP) is 4.71. The molecule has 30 heavy (non-hydrogen) atoms. The van der Waals surface area contributed by atoms with Gasteiger partial charge in [0.25, 0.3) is 5.91 Å². The Balaban J connectivity index is 1.72. The number of aromatic nitrogens is 1. The number of halogens is 1. The van der Waals surface area contributed by atoms with Gasteiger partial charge in [-0.2, -0.15) is 0 Å². The maximum Gasteiger partial charge on any atom is 0.260 e. The van der Waals surface area contributed by atoms with E-state index in [0.717, 1.165) is 11.1 Å². The Labute approximate surface area is 177 Å². The van der Waals surface area contributed by atoms with Crippen LogP contribution in [0.1, 0.15) is 17.0 Å². The zero-order valence-electron chi connectivity index (χ0n) is 16.4. The Kier molecular flexibility index (Phi) is 5.48. The van der Waals surface area contributed by atoms with Crippen LogP contribution in [0.3, 0.4) is 0 Å². The first-order valence-corrected chi connectivity index (χ1v) is 9.60. The fourth-order valence-electron chi connectivity index (χ4n) is 3.22. The van der Waals surface area contributed by atoms with Gasteiger partial charge in [-0.25, -0.2) is 0 Å². The Morgan fingerprint density at radius 3 is 2.60 bits per heavy atom. The minimum atomic E-state index is -0.438. The van der Waals surface area contributed by atoms with Crippen LogP contribution in [0.2, 0.25) is 5.02 Å². The van der Waals surface area contributed by atoms with E-state index >= 15 is 0 Å². The third-order valence-electron chi connectivity index (χ3n) is 4.67. The van der Waals surface area contributed by atoms with Gasteiger partial charge < -0.3 is 24.4 Å². The summed E-state index contributed by atoms with van der Waals surface area (Å²) in [6.45, 7) is 2.69. The fraction of sp³-hybridized carbons (Fsp3) is 0.182. The van der Waals surface area contributed by atoms with Gasteiger partial charge in [0.1, 0.15) is 12.4 Å². The number of carbonyl (C=O) groups excluding carboxylic acids is 1. The molecule has 2 aromatic carbocycles. The Hall–Kier alpha value is -3.29. The predicted molar refractivity (Wildman–Crippen MR) is 114 cm³/mol. The van der Waals surface area contributed by atoms with Crippen LogP contribution in [0.15, 0.2) is 47.0 Å². The largest absolute Gasteiger partial charge is 0.504 e. The second-order valence-electron chi connectivity index (χ2n) is 6.75. The van der Waals surface area contributed by atoms with E-state index in [2.05, 4.69) is 10.5 Å². The second-order valence-corrected chi connectivity index (χ2v) is 7.16. The lowest BCUT2D eigenvalue weighted by atomic mass is 9.98. The van der Waals surface area contributed by atoms with Crippen LogP contribution in [0.5, 0.6) is 5.75 Å². The van der Waals surface area contributed by atoms with Crippen molar-refractivity contribution in [3.8, 4) is 16.9 Å². The van der Waals surface area contributed by atoms with Gasteiger partial charge in [-0.15, -0.1) is 0 Å². The highest BCUT2D eigenvalue weighted by molar-refractivity contribution is 6.38. The first-order valence-electron chi connectivity index (χ1n) is 9.22. The zero-order chi connectivity index (χ0) is 21.3. The van der Waals surface area contributed by atoms with E-state index in [9.17, 15) is 9.90 Å². The molecule has 4 rings (SSSR count). The van der Waals surface area contributed by atoms with Crippen molar-refractivity contribution >= 4 is 34.5 Å². The maximum atomic E-state index is 12.5. The van der Waals surface area contributed by atoms with Crippen LogP contribution < -0.4 is 10.1 Å². The number of nitrogens with one attached hydrogen (secondary N) is 1. The van der Waals surface area contributed by atoms with Crippen LogP contribution in [0, 0.1) is 6.92 Å². The van der Waals surface area contributed by atoms with Gasteiger partial charge in [0, 0.05) is 24.3 Å². The van der Waals surface area contributed by atoms with Gasteiger partial charge in [-0.1, -0.05) is 28.9 Å². The van der Waals surface area contributed by atoms with Crippen molar-refractivity contribution in [2.75, 3.05) is 25.6 Å². The average Bonchev–Trinajstić information content (AvgIpc) is 3.30. The normalized spacial score (nSPS) is 14.4. The van der Waals surface area contributed by atoms with Gasteiger partial charge in [0.2, 0.25) is 5.76 Å². The zero-order valence-corrected chi connectivity index (χ0v) is 17.1. The summed E-state index contributed by atoms with van der Waals surface area (Å²) < 4.78 is 15.7. The molecular weight excluding hydrogens is 408 g/mol. The number of anilines is 1. The van der Waals surface area contributed by atoms with Crippen molar-refractivity contribution in [1.29, 1.82) is 0 Å². The van der Waals surface area contributed by atoms with E-state index in [1.807, 2.05) is 24.3 Å². The van der Waals surface area contributed by atoms with E-state index in [0.29, 0.717) is 40.9 Å². The van der Waals surface area contributed by atoms with Crippen molar-refractivity contribution in [1.82, 2.24) is 5.16 Å². The highest BCUT2D eigenvalue weighted by atomic mass is 35.5. The number of ether oxygens (including phenoxy) is 2. The van der Waals surface area contributed by atoms with Crippen molar-refractivity contribution in [3.63, 3.8) is 0 Å². The number of aryl methyl sites for hydroxylation is 1. The summed E-state index contributed by atoms with van der Waals surface area (Å²) >= 11 is 6.47. The van der Waals surface area contributed by atoms with Crippen LogP contribution in [0.25, 0.3) is 22.5 Å². The lowest BCUT2D eigenvalue weighted by Gasteiger charge is -2.10. The molecule has 1 aromatic heterocycles. The molecule has 3 aromatic rings. The van der Waals surface area contributed by atoms with Gasteiger partial charge in [0.05, 0.1) is 28.6 Å². The van der Waals surface area contributed by atoms with Gasteiger partial charge >= 0.3 is 0 Å². The molecule has 1 amide bonds. The molecule has 2 heterocycles. The Morgan fingerprint density at radius 2 is 1.93 bits per heavy atom. The number of hydrogen-bond acceptors (Lipinski definition) is 6. The fourth-order valence-corrected chi connectivity index (χ4v) is 3.49. The van der Waals surface area contributed by atoms with Gasteiger partial charge in [-0.3, -0.25) is 4.79 Å². The third kappa shape index (κ3) is 3.77. The number of aliphatic hydroxyl groups is 1. The number of amides is 1. The second kappa shape index (κ2) is 8.22. The quantitative estimate of drug-likeness (QED) is 0.337. The summed E-state index contributed by atoms with van der Waals surface area (Å²) in [6, 6.07) is 12.4. The van der Waals surface area contributed by atoms with Crippen molar-refractivity contribution in [2.45, 2.75) is 6.92 Å². The third-order valence-corrected chi connectivity index (χ3v) is 4.98. The summed E-state index contributed by atoms with van der Waals surface area (Å²) in [4.78, 5) is 12.5. The summed E-state index contributed by atoms with van der Waals surface area (Å²) in [6.07, 6.45) is 0. The van der Waals surface area contributed by atoms with Gasteiger partial charge in [0.15, 0.2) is 5.76 Å². The van der Waals surface area contributed by atoms with Crippen LogP contribution in [0.4, 0.5) is 5.69 Å². The lowest BCUT2D eigenvalue weighted by molar-refractivity contribution is -0.110. The Morgan fingerprint density at radius 1 is 1.17 bits per heavy atom. The molecule has 0 spiro atoms. The molecule has 8 heteroatoms. The molecule has 0 saturated heterocycles. The molecule has 0 saturated carbocycles. The molecular formula is C22H19ClN2O5. The standard InChI is InChI=1S/C22H19ClN2O5/c1-12-9-19(30-25-12)21(26)20-16-10-15(17(23)11-18(16)24-22(20)27)13-3-5-14(6-4-13)29-8-7-28-2/h3-6,9-11,26H,7-8H2,1-2H3,(H,24,27). The minimum absolute atomic E-state index is 0.110. The summed E-state index contributed by atoms with van der Waals surface area (Å²) in [7, 11) is 1.62. The van der Waals surface area contributed by atoms with Crippen LogP contribution in [-0.4, -0.2) is 36.5 Å². The smallest absolute Gasteiger partial charge is 0.260 e. The molecule has 1 aliphatic heterocycles. The number of fused-ring (bicyclic) bond motifs is 1. The molecule has 1 aliphatic rings. The van der Waals surface area contributed by atoms with Crippen LogP contribution in [-0.2, 0) is 9.53 Å². The molecule has 154 valence electrons. The molecule has 0 aliphatic carbocycles. The monoisotopic (exact) mass is 426 g/mol. The maximum absolute atomic E-state index is 12.5. The molecule has 0 bridgehead atoms. The van der Waals surface area contributed by atoms with Crippen LogP contribution >= 0.6 is 11.6 Å². The number of benzene rings is 2. The SMILES string of the molecule is COCCOc1ccc(-c2cc3c(cc2Cl)NC(=O)C3=C(O)c2cc(C)no2)cc1. The number of hydrogen-bond donors (Lipinski definition) is 2. The van der Waals surface area contributed by atoms with E-state index in [4.69, 9.17) is 25.6 Å². The summed E-state index contributed by atoms with van der Waals surface area (Å²) in [5.41, 5.74) is 3.32. The first-order chi connectivity index (χ1) is 14.5. The molecule has 0 radical (unpaired) electrons. The number of aliphatic hydroxyl groups excluding tert-OH is 1. The van der Waals surface area contributed by atoms with Gasteiger partial charge in [-0.05, 0) is 36.8 Å². The molecule has 2 N–H and O–H groups in total. The van der Waals surface area contributed by atoms with Crippen molar-refractivity contribution in [3.05, 3.63) is 64.5 Å². The molecule has 0 atom stereocenters. The molecule has 0 fully saturated rings. The van der Waals surface area contributed by atoms with Crippen molar-refractivity contribution in [2.24, 2.45) is 0 Å². The highest BCUT2D eigenvalue weighted by Gasteiger charge is 2.31. The molecule has 0 unspecified atom stereocenters. The Bertz CT molecular complexity index is 1130. The average molecular weight is 427 g/mol. The number of methoxy groups -OCH3 is 1. The number of nitrogens with zero attached hydrogens (tertiary/aromatic N) is 1. The number of carbonyl (C=O) groups is 1. The van der Waals surface area contributed by atoms with E-state index in [-0.39, 0.29) is 17.1 Å². The molecule has 7 nitrogen and oxygen atoms in total. The number of rotatable bonds is 6. The topological polar surface area (TPSA) is 93.8 Å². The first kappa shape index (κ1) is 20.0. The summed E-state index contributed by atoms with van der Waals surface area (Å²) in [5.74, 6) is 0.122. The summed E-state index contributed by atoms with van der Waals surface area (Å²) in [5, 5.41) is 17.6. The van der Waals surface area contributed by atoms with E-state index < -0.39 is 5.91 Å². The van der Waals surface area contributed by atoms with E-state index in [1.54, 1.807) is 32.2 Å². The van der Waals surface area contributed by atoms with E-state index in [1.165, 1.54) is 0 Å². The van der Waals surface area contributed by atoms with Crippen molar-refractivity contribution < 1.29 is 23.9 Å².